The van der Waals surface area contributed by atoms with E-state index >= 15 is 0 Å². The van der Waals surface area contributed by atoms with Crippen LogP contribution < -0.4 is 10.5 Å². The largest absolute Gasteiger partial charge is 0.398 e. The predicted octanol–water partition coefficient (Wildman–Crippen LogP) is 3.13. The highest BCUT2D eigenvalue weighted by Crippen LogP contribution is 2.28. The monoisotopic (exact) mass is 325 g/mol. The average molecular weight is 325 g/mol. The summed E-state index contributed by atoms with van der Waals surface area (Å²) in [6, 6.07) is 4.68. The quantitative estimate of drug-likeness (QED) is 0.849. The van der Waals surface area contributed by atoms with Crippen molar-refractivity contribution in [2.45, 2.75) is 38.0 Å². The molecule has 7 heteroatoms. The van der Waals surface area contributed by atoms with Crippen LogP contribution in [0.2, 0.25) is 0 Å². The normalized spacial score (nSPS) is 12.4. The number of nitrogens with one attached hydrogen (secondary N) is 1. The fraction of sp³-hybridized carbons (Fsp3) is 0.357. The standard InChI is InChI=1S/C14H19N3O2S2/c1-9-5-6-10(7-11(9)15)21(18,19)17-13-16-12(8-20-13)14(2,3)4/h5-8H,15H2,1-4H3,(H,16,17). The Kier molecular flexibility index (Phi) is 3.99. The van der Waals surface area contributed by atoms with Crippen LogP contribution in [0.1, 0.15) is 32.0 Å². The lowest BCUT2D eigenvalue weighted by atomic mass is 9.93. The van der Waals surface area contributed by atoms with E-state index in [0.29, 0.717) is 10.8 Å². The van der Waals surface area contributed by atoms with Crippen LogP contribution in [-0.4, -0.2) is 13.4 Å². The molecule has 0 unspecified atom stereocenters. The van der Waals surface area contributed by atoms with E-state index < -0.39 is 10.0 Å². The topological polar surface area (TPSA) is 85.1 Å². The number of rotatable bonds is 3. The van der Waals surface area contributed by atoms with Gasteiger partial charge in [-0.2, -0.15) is 0 Å². The molecule has 0 saturated carbocycles. The first kappa shape index (κ1) is 15.8. The van der Waals surface area contributed by atoms with Gasteiger partial charge in [-0.25, -0.2) is 13.4 Å². The first-order chi connectivity index (χ1) is 9.59. The van der Waals surface area contributed by atoms with Gasteiger partial charge in [0.1, 0.15) is 0 Å². The Hall–Kier alpha value is -1.60. The second kappa shape index (κ2) is 5.31. The van der Waals surface area contributed by atoms with Crippen molar-refractivity contribution in [2.75, 3.05) is 10.5 Å². The summed E-state index contributed by atoms with van der Waals surface area (Å²) in [7, 11) is -3.67. The molecule has 0 fully saturated rings. The number of thiazole rings is 1. The molecule has 1 aromatic heterocycles. The average Bonchev–Trinajstić information content (AvgIpc) is 2.80. The molecule has 3 N–H and O–H groups in total. The number of anilines is 2. The Labute approximate surface area is 129 Å². The van der Waals surface area contributed by atoms with E-state index in [-0.39, 0.29) is 10.3 Å². The minimum absolute atomic E-state index is 0.117. The minimum atomic E-state index is -3.67. The van der Waals surface area contributed by atoms with Gasteiger partial charge < -0.3 is 5.73 Å². The van der Waals surface area contributed by atoms with E-state index in [2.05, 4.69) is 9.71 Å². The van der Waals surface area contributed by atoms with E-state index in [4.69, 9.17) is 5.73 Å². The summed E-state index contributed by atoms with van der Waals surface area (Å²) < 4.78 is 27.1. The third kappa shape index (κ3) is 3.54. The van der Waals surface area contributed by atoms with Crippen molar-refractivity contribution >= 4 is 32.2 Å². The predicted molar refractivity (Wildman–Crippen MR) is 87.2 cm³/mol. The van der Waals surface area contributed by atoms with Gasteiger partial charge in [0.15, 0.2) is 5.13 Å². The van der Waals surface area contributed by atoms with Gasteiger partial charge in [-0.3, -0.25) is 4.72 Å². The lowest BCUT2D eigenvalue weighted by Crippen LogP contribution is -2.15. The van der Waals surface area contributed by atoms with Crippen LogP contribution in [0.3, 0.4) is 0 Å². The molecule has 0 aliphatic carbocycles. The molecule has 0 atom stereocenters. The summed E-state index contributed by atoms with van der Waals surface area (Å²) in [6.45, 7) is 7.92. The molecule has 0 aliphatic heterocycles. The maximum atomic E-state index is 12.3. The van der Waals surface area contributed by atoms with Crippen LogP contribution in [0.25, 0.3) is 0 Å². The third-order valence-electron chi connectivity index (χ3n) is 3.06. The molecule has 1 aromatic carbocycles. The van der Waals surface area contributed by atoms with Gasteiger partial charge in [-0.05, 0) is 24.6 Å². The molecular formula is C14H19N3O2S2. The summed E-state index contributed by atoms with van der Waals surface area (Å²) in [5.41, 5.74) is 7.80. The summed E-state index contributed by atoms with van der Waals surface area (Å²) in [4.78, 5) is 4.47. The van der Waals surface area contributed by atoms with Crippen LogP contribution in [0, 0.1) is 6.92 Å². The summed E-state index contributed by atoms with van der Waals surface area (Å²) in [6.07, 6.45) is 0. The van der Waals surface area contributed by atoms with E-state index in [1.807, 2.05) is 33.1 Å². The number of benzene rings is 1. The van der Waals surface area contributed by atoms with Crippen LogP contribution in [0.4, 0.5) is 10.8 Å². The van der Waals surface area contributed by atoms with Crippen LogP contribution in [0.15, 0.2) is 28.5 Å². The number of sulfonamides is 1. The first-order valence-corrected chi connectivity index (χ1v) is 8.81. The van der Waals surface area contributed by atoms with Crippen LogP contribution in [0.5, 0.6) is 0 Å². The Morgan fingerprint density at radius 3 is 2.48 bits per heavy atom. The molecule has 0 spiro atoms. The van der Waals surface area contributed by atoms with Gasteiger partial charge in [0.2, 0.25) is 0 Å². The molecule has 5 nitrogen and oxygen atoms in total. The second-order valence-electron chi connectivity index (χ2n) is 5.91. The summed E-state index contributed by atoms with van der Waals surface area (Å²) >= 11 is 1.27. The number of nitrogen functional groups attached to an aromatic ring is 1. The minimum Gasteiger partial charge on any atom is -0.398 e. The lowest BCUT2D eigenvalue weighted by Gasteiger charge is -2.14. The lowest BCUT2D eigenvalue weighted by molar-refractivity contribution is 0.573. The summed E-state index contributed by atoms with van der Waals surface area (Å²) in [5.74, 6) is 0. The zero-order chi connectivity index (χ0) is 15.8. The molecule has 0 radical (unpaired) electrons. The molecule has 1 heterocycles. The smallest absolute Gasteiger partial charge is 0.263 e. The molecule has 21 heavy (non-hydrogen) atoms. The Morgan fingerprint density at radius 2 is 1.95 bits per heavy atom. The molecule has 2 aromatic rings. The van der Waals surface area contributed by atoms with Crippen molar-refractivity contribution in [3.05, 3.63) is 34.8 Å². The van der Waals surface area contributed by atoms with E-state index in [1.54, 1.807) is 6.07 Å². The second-order valence-corrected chi connectivity index (χ2v) is 8.45. The van der Waals surface area contributed by atoms with E-state index in [9.17, 15) is 8.42 Å². The number of hydrogen-bond donors (Lipinski definition) is 2. The highest BCUT2D eigenvalue weighted by atomic mass is 32.2. The highest BCUT2D eigenvalue weighted by Gasteiger charge is 2.21. The fourth-order valence-corrected chi connectivity index (χ4v) is 3.85. The molecule has 114 valence electrons. The zero-order valence-corrected chi connectivity index (χ0v) is 14.1. The van der Waals surface area contributed by atoms with Gasteiger partial charge >= 0.3 is 0 Å². The molecular weight excluding hydrogens is 306 g/mol. The van der Waals surface area contributed by atoms with Crippen molar-refractivity contribution in [2.24, 2.45) is 0 Å². The number of nitrogens with two attached hydrogens (primary N) is 1. The van der Waals surface area contributed by atoms with Crippen molar-refractivity contribution in [1.29, 1.82) is 0 Å². The number of nitrogens with zero attached hydrogens (tertiary/aromatic N) is 1. The van der Waals surface area contributed by atoms with E-state index in [0.717, 1.165) is 11.3 Å². The van der Waals surface area contributed by atoms with Gasteiger partial charge in [-0.1, -0.05) is 26.8 Å². The molecule has 0 bridgehead atoms. The Bertz CT molecular complexity index is 759. The Balaban J connectivity index is 2.29. The van der Waals surface area contributed by atoms with Crippen molar-refractivity contribution in [1.82, 2.24) is 4.98 Å². The Morgan fingerprint density at radius 1 is 1.29 bits per heavy atom. The third-order valence-corrected chi connectivity index (χ3v) is 5.28. The zero-order valence-electron chi connectivity index (χ0n) is 12.5. The number of hydrogen-bond acceptors (Lipinski definition) is 5. The maximum Gasteiger partial charge on any atom is 0.263 e. The van der Waals surface area contributed by atoms with Gasteiger partial charge in [0.25, 0.3) is 10.0 Å². The number of aryl methyl sites for hydroxylation is 1. The molecule has 0 amide bonds. The van der Waals surface area contributed by atoms with Crippen molar-refractivity contribution in [3.8, 4) is 0 Å². The summed E-state index contributed by atoms with van der Waals surface area (Å²) in [5, 5.41) is 2.22. The maximum absolute atomic E-state index is 12.3. The molecule has 0 saturated heterocycles. The van der Waals surface area contributed by atoms with Crippen LogP contribution in [-0.2, 0) is 15.4 Å². The fourth-order valence-electron chi connectivity index (χ4n) is 1.62. The van der Waals surface area contributed by atoms with Gasteiger partial charge in [0.05, 0.1) is 10.6 Å². The van der Waals surface area contributed by atoms with Gasteiger partial charge in [-0.15, -0.1) is 11.3 Å². The van der Waals surface area contributed by atoms with Gasteiger partial charge in [0, 0.05) is 16.5 Å². The van der Waals surface area contributed by atoms with Crippen molar-refractivity contribution < 1.29 is 8.42 Å². The SMILES string of the molecule is Cc1ccc(S(=O)(=O)Nc2nc(C(C)(C)C)cs2)cc1N. The molecule has 2 rings (SSSR count). The van der Waals surface area contributed by atoms with Crippen molar-refractivity contribution in [3.63, 3.8) is 0 Å². The molecule has 0 aliphatic rings. The van der Waals surface area contributed by atoms with Crippen LogP contribution >= 0.6 is 11.3 Å². The highest BCUT2D eigenvalue weighted by molar-refractivity contribution is 7.93. The number of aromatic nitrogens is 1. The van der Waals surface area contributed by atoms with E-state index in [1.165, 1.54) is 23.5 Å². The first-order valence-electron chi connectivity index (χ1n) is 6.44.